The van der Waals surface area contributed by atoms with Gasteiger partial charge in [0.25, 0.3) is 0 Å². The molecule has 23 heavy (non-hydrogen) atoms. The van der Waals surface area contributed by atoms with E-state index in [1.165, 1.54) is 12.1 Å². The molecule has 1 aromatic rings. The van der Waals surface area contributed by atoms with E-state index < -0.39 is 12.1 Å². The molecule has 0 saturated heterocycles. The van der Waals surface area contributed by atoms with Crippen molar-refractivity contribution in [1.29, 1.82) is 0 Å². The molecule has 1 aliphatic rings. The van der Waals surface area contributed by atoms with Crippen LogP contribution in [0.25, 0.3) is 6.08 Å². The summed E-state index contributed by atoms with van der Waals surface area (Å²) in [6.07, 6.45) is 6.85. The van der Waals surface area contributed by atoms with Gasteiger partial charge in [-0.3, -0.25) is 4.79 Å². The standard InChI is InChI=1S/C17H19NO5/c1-11-5-4-7-15(21)18-8-3-2-6-12-9-13(19)10-14(20)16(12)17(22)23-11/h2,4,6-7,9-11,19-20H,3,5,8H2,1H3,(H,18,21)/b6-2+,7-4-/t11-/m0/s1. The second-order valence-electron chi connectivity index (χ2n) is 5.27. The average Bonchev–Trinajstić information content (AvgIpc) is 2.45. The van der Waals surface area contributed by atoms with Crippen LogP contribution in [-0.2, 0) is 9.53 Å². The Kier molecular flexibility index (Phi) is 5.41. The van der Waals surface area contributed by atoms with Crippen LogP contribution in [0.3, 0.4) is 0 Å². The first-order chi connectivity index (χ1) is 11.0. The maximum absolute atomic E-state index is 12.3. The number of phenolic OH excluding ortho intramolecular Hbond substituents is 2. The normalized spacial score (nSPS) is 22.2. The lowest BCUT2D eigenvalue weighted by Gasteiger charge is -2.14. The fourth-order valence-corrected chi connectivity index (χ4v) is 2.19. The number of phenols is 2. The molecule has 0 aliphatic carbocycles. The Balaban J connectivity index is 2.36. The van der Waals surface area contributed by atoms with Crippen LogP contribution in [0.1, 0.15) is 35.7 Å². The maximum Gasteiger partial charge on any atom is 0.342 e. The Hall–Kier alpha value is -2.76. The van der Waals surface area contributed by atoms with Gasteiger partial charge in [0.05, 0.1) is 0 Å². The van der Waals surface area contributed by atoms with Crippen molar-refractivity contribution in [3.8, 4) is 11.5 Å². The van der Waals surface area contributed by atoms with Crippen molar-refractivity contribution in [2.24, 2.45) is 0 Å². The Morgan fingerprint density at radius 3 is 2.74 bits per heavy atom. The molecule has 0 bridgehead atoms. The highest BCUT2D eigenvalue weighted by Crippen LogP contribution is 2.29. The summed E-state index contributed by atoms with van der Waals surface area (Å²) in [6.45, 7) is 2.14. The van der Waals surface area contributed by atoms with Gasteiger partial charge in [-0.2, -0.15) is 0 Å². The Bertz CT molecular complexity index is 663. The summed E-state index contributed by atoms with van der Waals surface area (Å²) < 4.78 is 5.28. The van der Waals surface area contributed by atoms with Crippen molar-refractivity contribution in [3.63, 3.8) is 0 Å². The number of rotatable bonds is 0. The third kappa shape index (κ3) is 4.60. The largest absolute Gasteiger partial charge is 0.508 e. The van der Waals surface area contributed by atoms with Gasteiger partial charge in [-0.05, 0) is 31.1 Å². The van der Waals surface area contributed by atoms with Crippen LogP contribution >= 0.6 is 0 Å². The van der Waals surface area contributed by atoms with E-state index in [4.69, 9.17) is 4.74 Å². The number of cyclic esters (lactones) is 1. The molecule has 1 aliphatic heterocycles. The van der Waals surface area contributed by atoms with Crippen LogP contribution in [0.15, 0.2) is 30.4 Å². The van der Waals surface area contributed by atoms with Crippen molar-refractivity contribution in [2.45, 2.75) is 25.9 Å². The van der Waals surface area contributed by atoms with Gasteiger partial charge in [-0.25, -0.2) is 4.79 Å². The Labute approximate surface area is 134 Å². The number of nitrogens with one attached hydrogen (secondary N) is 1. The van der Waals surface area contributed by atoms with E-state index in [1.807, 2.05) is 0 Å². The first kappa shape index (κ1) is 16.6. The van der Waals surface area contributed by atoms with Crippen molar-refractivity contribution in [1.82, 2.24) is 5.32 Å². The number of fused-ring (bicyclic) bond motifs is 1. The first-order valence-electron chi connectivity index (χ1n) is 7.35. The fourth-order valence-electron chi connectivity index (χ4n) is 2.19. The minimum Gasteiger partial charge on any atom is -0.508 e. The lowest BCUT2D eigenvalue weighted by atomic mass is 10.0. The number of benzene rings is 1. The molecule has 1 atom stereocenters. The molecule has 0 radical (unpaired) electrons. The van der Waals surface area contributed by atoms with Crippen LogP contribution in [-0.4, -0.2) is 34.7 Å². The number of esters is 1. The lowest BCUT2D eigenvalue weighted by molar-refractivity contribution is -0.116. The van der Waals surface area contributed by atoms with Crippen LogP contribution < -0.4 is 5.32 Å². The summed E-state index contributed by atoms with van der Waals surface area (Å²) in [5, 5.41) is 22.3. The third-order valence-electron chi connectivity index (χ3n) is 3.29. The van der Waals surface area contributed by atoms with Gasteiger partial charge in [-0.15, -0.1) is 0 Å². The van der Waals surface area contributed by atoms with Gasteiger partial charge in [0.15, 0.2) is 0 Å². The summed E-state index contributed by atoms with van der Waals surface area (Å²) in [4.78, 5) is 23.8. The second-order valence-corrected chi connectivity index (χ2v) is 5.27. The Morgan fingerprint density at radius 1 is 1.17 bits per heavy atom. The van der Waals surface area contributed by atoms with Crippen molar-refractivity contribution in [3.05, 3.63) is 41.5 Å². The number of amides is 1. The highest BCUT2D eigenvalue weighted by molar-refractivity contribution is 5.97. The highest BCUT2D eigenvalue weighted by atomic mass is 16.5. The van der Waals surface area contributed by atoms with Gasteiger partial charge >= 0.3 is 5.97 Å². The molecule has 6 nitrogen and oxygen atoms in total. The molecule has 1 aromatic carbocycles. The van der Waals surface area contributed by atoms with Gasteiger partial charge in [0.1, 0.15) is 23.2 Å². The van der Waals surface area contributed by atoms with Crippen LogP contribution in [0.5, 0.6) is 11.5 Å². The van der Waals surface area contributed by atoms with E-state index in [0.717, 1.165) is 6.07 Å². The van der Waals surface area contributed by atoms with E-state index in [0.29, 0.717) is 24.9 Å². The van der Waals surface area contributed by atoms with Crippen molar-refractivity contribution in [2.75, 3.05) is 6.54 Å². The average molecular weight is 317 g/mol. The predicted molar refractivity (Wildman–Crippen MR) is 85.1 cm³/mol. The summed E-state index contributed by atoms with van der Waals surface area (Å²) in [7, 11) is 0. The summed E-state index contributed by atoms with van der Waals surface area (Å²) in [5.74, 6) is -1.36. The van der Waals surface area contributed by atoms with Gasteiger partial charge in [0, 0.05) is 19.0 Å². The van der Waals surface area contributed by atoms with Crippen LogP contribution in [0.2, 0.25) is 0 Å². The zero-order chi connectivity index (χ0) is 16.8. The molecule has 6 heteroatoms. The van der Waals surface area contributed by atoms with E-state index >= 15 is 0 Å². The molecule has 3 N–H and O–H groups in total. The lowest BCUT2D eigenvalue weighted by Crippen LogP contribution is -2.22. The molecule has 0 saturated carbocycles. The maximum atomic E-state index is 12.3. The highest BCUT2D eigenvalue weighted by Gasteiger charge is 2.20. The molecule has 0 spiro atoms. The number of carbonyl (C=O) groups is 2. The topological polar surface area (TPSA) is 95.9 Å². The van der Waals surface area contributed by atoms with Gasteiger partial charge < -0.3 is 20.3 Å². The zero-order valence-electron chi connectivity index (χ0n) is 12.8. The summed E-state index contributed by atoms with van der Waals surface area (Å²) in [6, 6.07) is 2.48. The number of carbonyl (C=O) groups excluding carboxylic acids is 2. The molecule has 1 heterocycles. The molecular formula is C17H19NO5. The van der Waals surface area contributed by atoms with E-state index in [-0.39, 0.29) is 23.0 Å². The van der Waals surface area contributed by atoms with Crippen molar-refractivity contribution < 1.29 is 24.5 Å². The number of hydrogen-bond donors (Lipinski definition) is 3. The summed E-state index contributed by atoms with van der Waals surface area (Å²) in [5.41, 5.74) is 0.370. The van der Waals surface area contributed by atoms with Crippen LogP contribution in [0.4, 0.5) is 0 Å². The van der Waals surface area contributed by atoms with Gasteiger partial charge in [0.2, 0.25) is 5.91 Å². The first-order valence-corrected chi connectivity index (χ1v) is 7.35. The molecule has 0 unspecified atom stereocenters. The monoisotopic (exact) mass is 317 g/mol. The molecule has 0 aromatic heterocycles. The quantitative estimate of drug-likeness (QED) is 0.637. The molecule has 2 rings (SSSR count). The number of aromatic hydroxyl groups is 2. The molecule has 0 fully saturated rings. The number of hydrogen-bond acceptors (Lipinski definition) is 5. The van der Waals surface area contributed by atoms with Gasteiger partial charge in [-0.1, -0.05) is 18.2 Å². The summed E-state index contributed by atoms with van der Waals surface area (Å²) >= 11 is 0. The molecular weight excluding hydrogens is 298 g/mol. The van der Waals surface area contributed by atoms with E-state index in [1.54, 1.807) is 25.2 Å². The smallest absolute Gasteiger partial charge is 0.342 e. The third-order valence-corrected chi connectivity index (χ3v) is 3.29. The SMILES string of the molecule is C[C@H]1C/C=C\C(=O)NCC/C=C/c2cc(O)cc(O)c2C(=O)O1. The van der Waals surface area contributed by atoms with E-state index in [9.17, 15) is 19.8 Å². The van der Waals surface area contributed by atoms with Crippen LogP contribution in [0, 0.1) is 0 Å². The zero-order valence-corrected chi connectivity index (χ0v) is 12.8. The number of ether oxygens (including phenoxy) is 1. The molecule has 122 valence electrons. The predicted octanol–water partition coefficient (Wildman–Crippen LogP) is 2.12. The fraction of sp³-hybridized carbons (Fsp3) is 0.294. The van der Waals surface area contributed by atoms with E-state index in [2.05, 4.69) is 5.32 Å². The minimum absolute atomic E-state index is 0.0102. The van der Waals surface area contributed by atoms with Crippen molar-refractivity contribution >= 4 is 18.0 Å². The Morgan fingerprint density at radius 2 is 1.96 bits per heavy atom. The molecule has 1 amide bonds. The second kappa shape index (κ2) is 7.49. The minimum atomic E-state index is -0.676.